The summed E-state index contributed by atoms with van der Waals surface area (Å²) >= 11 is 6.11. The Labute approximate surface area is 194 Å². The Bertz CT molecular complexity index is 1190. The lowest BCUT2D eigenvalue weighted by molar-refractivity contribution is -0.474. The number of hydrogen-bond donors (Lipinski definition) is 0. The Hall–Kier alpha value is -2.97. The summed E-state index contributed by atoms with van der Waals surface area (Å²) in [5.41, 5.74) is 1.92. The number of carbonyl (C=O) groups is 1. The Kier molecular flexibility index (Phi) is 5.58. The molecule has 5 rings (SSSR count). The molecule has 33 heavy (non-hydrogen) atoms. The van der Waals surface area contributed by atoms with Crippen molar-refractivity contribution >= 4 is 29.7 Å². The van der Waals surface area contributed by atoms with Gasteiger partial charge in [0, 0.05) is 24.7 Å². The van der Waals surface area contributed by atoms with Crippen molar-refractivity contribution in [1.82, 2.24) is 9.80 Å². The third-order valence-electron chi connectivity index (χ3n) is 6.10. The maximum absolute atomic E-state index is 13.5. The van der Waals surface area contributed by atoms with Crippen LogP contribution in [-0.2, 0) is 24.1 Å². The summed E-state index contributed by atoms with van der Waals surface area (Å²) in [5, 5.41) is 0.672. The molecule has 0 aromatic heterocycles. The van der Waals surface area contributed by atoms with E-state index in [-0.39, 0.29) is 18.4 Å². The molecule has 1 unspecified atom stereocenters. The van der Waals surface area contributed by atoms with Crippen molar-refractivity contribution in [2.45, 2.75) is 19.3 Å². The highest BCUT2D eigenvalue weighted by Gasteiger charge is 2.47. The van der Waals surface area contributed by atoms with Gasteiger partial charge in [0.25, 0.3) is 5.91 Å². The fourth-order valence-electron chi connectivity index (χ4n) is 4.53. The van der Waals surface area contributed by atoms with E-state index in [1.807, 2.05) is 28.8 Å². The van der Waals surface area contributed by atoms with Crippen LogP contribution in [0.2, 0.25) is 5.02 Å². The zero-order chi connectivity index (χ0) is 23.2. The largest absolute Gasteiger partial charge is 0.416 e. The van der Waals surface area contributed by atoms with E-state index in [0.717, 1.165) is 23.4 Å². The van der Waals surface area contributed by atoms with Crippen LogP contribution in [0.1, 0.15) is 16.7 Å². The molecule has 0 N–H and O–H groups in total. The number of amides is 1. The predicted molar refractivity (Wildman–Crippen MR) is 119 cm³/mol. The van der Waals surface area contributed by atoms with E-state index in [1.54, 1.807) is 11.1 Å². The molecule has 0 spiro atoms. The third-order valence-corrected chi connectivity index (χ3v) is 6.34. The molecule has 9 heteroatoms. The Balaban J connectivity index is 1.38. The normalized spacial score (nSPS) is 20.7. The molecule has 0 aliphatic carbocycles. The van der Waals surface area contributed by atoms with Crippen LogP contribution < -0.4 is 0 Å². The average molecular weight is 474 g/mol. The van der Waals surface area contributed by atoms with Crippen LogP contribution >= 0.6 is 11.6 Å². The number of guanidine groups is 1. The molecule has 2 aromatic carbocycles. The maximum Gasteiger partial charge on any atom is 0.416 e. The van der Waals surface area contributed by atoms with Gasteiger partial charge < -0.3 is 0 Å². The van der Waals surface area contributed by atoms with Crippen LogP contribution in [-0.4, -0.2) is 52.1 Å². The first-order valence-corrected chi connectivity index (χ1v) is 11.0. The molecule has 0 bridgehead atoms. The van der Waals surface area contributed by atoms with E-state index >= 15 is 0 Å². The number of carbonyl (C=O) groups excluding carboxylic acids is 1. The second-order valence-electron chi connectivity index (χ2n) is 8.35. The number of aliphatic imine (C=N–C) groups is 1. The summed E-state index contributed by atoms with van der Waals surface area (Å²) in [4.78, 5) is 21.7. The van der Waals surface area contributed by atoms with Crippen molar-refractivity contribution < 1.29 is 22.5 Å². The van der Waals surface area contributed by atoms with E-state index in [1.165, 1.54) is 12.1 Å². The maximum atomic E-state index is 13.5. The molecule has 2 aromatic rings. The Morgan fingerprint density at radius 3 is 2.61 bits per heavy atom. The van der Waals surface area contributed by atoms with Gasteiger partial charge in [0.15, 0.2) is 0 Å². The molecule has 3 aliphatic rings. The molecular formula is C24H21ClF3N4O+. The summed E-state index contributed by atoms with van der Waals surface area (Å²) < 4.78 is 40.7. The standard InChI is InChI=1S/C24H21ClF3N4O/c25-19-3-1-2-17(12-19)13-30-10-8-21-20(15-30)22(33)32(23-29-9-11-31(21)23)14-16-4-6-18(7-5-16)24(26,27)28/h1-9,12,20H,10-11,13-15H2/q+1. The van der Waals surface area contributed by atoms with Crippen LogP contribution in [0.4, 0.5) is 13.2 Å². The van der Waals surface area contributed by atoms with E-state index in [0.29, 0.717) is 42.7 Å². The van der Waals surface area contributed by atoms with Gasteiger partial charge in [0.2, 0.25) is 0 Å². The van der Waals surface area contributed by atoms with E-state index in [2.05, 4.69) is 16.0 Å². The molecule has 3 heterocycles. The van der Waals surface area contributed by atoms with Crippen LogP contribution in [0.3, 0.4) is 0 Å². The Morgan fingerprint density at radius 1 is 1.09 bits per heavy atom. The molecule has 0 fully saturated rings. The van der Waals surface area contributed by atoms with Crippen molar-refractivity contribution in [3.05, 3.63) is 82.0 Å². The lowest BCUT2D eigenvalue weighted by atomic mass is 9.95. The summed E-state index contributed by atoms with van der Waals surface area (Å²) in [6.07, 6.45) is -0.570. The molecule has 0 saturated heterocycles. The minimum Gasteiger partial charge on any atom is -0.294 e. The van der Waals surface area contributed by atoms with Crippen LogP contribution in [0.25, 0.3) is 0 Å². The van der Waals surface area contributed by atoms with Crippen molar-refractivity contribution in [1.29, 1.82) is 0 Å². The minimum atomic E-state index is -4.39. The second kappa shape index (κ2) is 8.43. The molecule has 1 amide bonds. The smallest absolute Gasteiger partial charge is 0.294 e. The quantitative estimate of drug-likeness (QED) is 0.625. The minimum absolute atomic E-state index is 0.0951. The van der Waals surface area contributed by atoms with Crippen LogP contribution in [0.5, 0.6) is 0 Å². The number of fused-ring (bicyclic) bond motifs is 2. The lowest BCUT2D eigenvalue weighted by Crippen LogP contribution is -2.53. The zero-order valence-electron chi connectivity index (χ0n) is 17.6. The highest BCUT2D eigenvalue weighted by molar-refractivity contribution is 6.30. The number of nitrogens with zero attached hydrogens (tertiary/aromatic N) is 4. The van der Waals surface area contributed by atoms with Gasteiger partial charge in [-0.3, -0.25) is 9.69 Å². The molecular weight excluding hydrogens is 453 g/mol. The fraction of sp³-hybridized carbons (Fsp3) is 0.292. The average Bonchev–Trinajstić information content (AvgIpc) is 3.26. The summed E-state index contributed by atoms with van der Waals surface area (Å²) in [6.45, 7) is 2.65. The zero-order valence-corrected chi connectivity index (χ0v) is 18.4. The third kappa shape index (κ3) is 4.32. The van der Waals surface area contributed by atoms with Gasteiger partial charge in [0.05, 0.1) is 11.3 Å². The number of rotatable bonds is 4. The van der Waals surface area contributed by atoms with E-state index < -0.39 is 11.7 Å². The summed E-state index contributed by atoms with van der Waals surface area (Å²) in [5.74, 6) is 0.0748. The van der Waals surface area contributed by atoms with E-state index in [9.17, 15) is 18.0 Å². The van der Waals surface area contributed by atoms with Crippen LogP contribution in [0.15, 0.2) is 65.3 Å². The molecule has 3 aliphatic heterocycles. The number of alkyl halides is 3. The van der Waals surface area contributed by atoms with Gasteiger partial charge in [-0.15, -0.1) is 0 Å². The first kappa shape index (κ1) is 21.9. The van der Waals surface area contributed by atoms with Gasteiger partial charge in [-0.1, -0.05) is 40.9 Å². The first-order valence-electron chi connectivity index (χ1n) is 10.6. The van der Waals surface area contributed by atoms with Crippen molar-refractivity contribution in [3.8, 4) is 0 Å². The van der Waals surface area contributed by atoms with E-state index in [4.69, 9.17) is 11.6 Å². The van der Waals surface area contributed by atoms with Crippen LogP contribution in [0, 0.1) is 5.92 Å². The molecule has 0 radical (unpaired) electrons. The monoisotopic (exact) mass is 473 g/mol. The first-order chi connectivity index (χ1) is 15.8. The SMILES string of the molecule is O=C1C2CN(Cc3cccc(Cl)c3)CC=C2[N+]2=C(N=CC2)N1Cc1ccc(C(F)(F)F)cc1. The summed E-state index contributed by atoms with van der Waals surface area (Å²) in [6, 6.07) is 12.6. The second-order valence-corrected chi connectivity index (χ2v) is 8.78. The van der Waals surface area contributed by atoms with Crippen molar-refractivity contribution in [2.75, 3.05) is 19.6 Å². The van der Waals surface area contributed by atoms with Gasteiger partial charge in [-0.25, -0.2) is 4.58 Å². The number of hydrogen-bond acceptors (Lipinski definition) is 3. The molecule has 5 nitrogen and oxygen atoms in total. The fourth-order valence-corrected chi connectivity index (χ4v) is 4.74. The number of halogens is 4. The number of benzene rings is 2. The highest BCUT2D eigenvalue weighted by atomic mass is 35.5. The molecule has 0 saturated carbocycles. The lowest BCUT2D eigenvalue weighted by Gasteiger charge is -2.35. The molecule has 170 valence electrons. The van der Waals surface area contributed by atoms with Crippen molar-refractivity contribution in [3.63, 3.8) is 0 Å². The van der Waals surface area contributed by atoms with Gasteiger partial charge in [-0.05, 0) is 41.5 Å². The molecule has 1 atom stereocenters. The highest BCUT2D eigenvalue weighted by Crippen LogP contribution is 2.31. The predicted octanol–water partition coefficient (Wildman–Crippen LogP) is 4.17. The van der Waals surface area contributed by atoms with Crippen molar-refractivity contribution in [2.24, 2.45) is 10.9 Å². The van der Waals surface area contributed by atoms with Gasteiger partial charge in [0.1, 0.15) is 25.2 Å². The van der Waals surface area contributed by atoms with Gasteiger partial charge >= 0.3 is 12.1 Å². The van der Waals surface area contributed by atoms with Gasteiger partial charge in [-0.2, -0.15) is 18.1 Å². The topological polar surface area (TPSA) is 38.9 Å². The Morgan fingerprint density at radius 2 is 1.88 bits per heavy atom. The summed E-state index contributed by atoms with van der Waals surface area (Å²) in [7, 11) is 0.